The predicted octanol–water partition coefficient (Wildman–Crippen LogP) is 3.11. The number of hydrogen-bond donors (Lipinski definition) is 1. The lowest BCUT2D eigenvalue weighted by Gasteiger charge is -2.21. The zero-order valence-corrected chi connectivity index (χ0v) is 12.9. The summed E-state index contributed by atoms with van der Waals surface area (Å²) in [4.78, 5) is 12.8. The maximum atomic E-state index is 13.6. The second-order valence-electron chi connectivity index (χ2n) is 5.74. The average Bonchev–Trinajstić information content (AvgIpc) is 2.92. The summed E-state index contributed by atoms with van der Waals surface area (Å²) in [5, 5.41) is 9.24. The van der Waals surface area contributed by atoms with Gasteiger partial charge in [0.25, 0.3) is 5.92 Å². The highest BCUT2D eigenvalue weighted by atomic mass is 19.3. The van der Waals surface area contributed by atoms with Crippen LogP contribution in [-0.2, 0) is 11.3 Å². The number of carbonyl (C=O) groups is 1. The number of furan rings is 1. The van der Waals surface area contributed by atoms with Crippen molar-refractivity contribution in [3.05, 3.63) is 47.7 Å². The zero-order valence-electron chi connectivity index (χ0n) is 12.9. The minimum absolute atomic E-state index is 0.133. The second kappa shape index (κ2) is 6.70. The van der Waals surface area contributed by atoms with Gasteiger partial charge in [0.05, 0.1) is 25.3 Å². The third-order valence-corrected chi connectivity index (χ3v) is 3.78. The van der Waals surface area contributed by atoms with Crippen LogP contribution in [-0.4, -0.2) is 48.2 Å². The van der Waals surface area contributed by atoms with Gasteiger partial charge in [-0.15, -0.1) is 0 Å². The maximum absolute atomic E-state index is 13.6. The highest BCUT2D eigenvalue weighted by molar-refractivity contribution is 5.95. The summed E-state index contributed by atoms with van der Waals surface area (Å²) >= 11 is 0. The first-order valence-electron chi connectivity index (χ1n) is 7.54. The van der Waals surface area contributed by atoms with Crippen molar-refractivity contribution in [3.63, 3.8) is 0 Å². The fraction of sp³-hybridized carbons (Fsp3) is 0.353. The molecule has 1 aliphatic heterocycles. The molecule has 1 aromatic heterocycles. The molecule has 0 spiro atoms. The highest BCUT2D eigenvalue weighted by Crippen LogP contribution is 2.27. The lowest BCUT2D eigenvalue weighted by molar-refractivity contribution is -0.0693. The van der Waals surface area contributed by atoms with Gasteiger partial charge in [0.2, 0.25) is 0 Å². The van der Waals surface area contributed by atoms with Gasteiger partial charge in [0.1, 0.15) is 18.1 Å². The van der Waals surface area contributed by atoms with Crippen LogP contribution in [0.25, 0.3) is 11.3 Å². The van der Waals surface area contributed by atoms with Crippen molar-refractivity contribution < 1.29 is 27.8 Å². The number of carboxylic acids is 1. The van der Waals surface area contributed by atoms with Crippen molar-refractivity contribution in [1.82, 2.24) is 4.90 Å². The maximum Gasteiger partial charge on any atom is 0.336 e. The molecule has 1 saturated heterocycles. The average molecular weight is 337 g/mol. The lowest BCUT2D eigenvalue weighted by atomic mass is 10.1. The topological polar surface area (TPSA) is 62.9 Å². The summed E-state index contributed by atoms with van der Waals surface area (Å²) < 4.78 is 37.7. The number of alkyl halides is 2. The zero-order chi connectivity index (χ0) is 17.2. The Balaban J connectivity index is 1.78. The molecule has 1 fully saturated rings. The number of ether oxygens (including phenoxy) is 1. The van der Waals surface area contributed by atoms with Crippen LogP contribution in [0, 0.1) is 0 Å². The van der Waals surface area contributed by atoms with E-state index >= 15 is 0 Å². The number of rotatable bonds is 4. The van der Waals surface area contributed by atoms with Crippen molar-refractivity contribution >= 4 is 5.97 Å². The summed E-state index contributed by atoms with van der Waals surface area (Å²) in [6, 6.07) is 9.83. The Labute approximate surface area is 137 Å². The minimum atomic E-state index is -2.89. The van der Waals surface area contributed by atoms with E-state index in [0.29, 0.717) is 23.6 Å². The van der Waals surface area contributed by atoms with Gasteiger partial charge < -0.3 is 14.3 Å². The molecule has 1 aliphatic rings. The first kappa shape index (κ1) is 16.6. The third kappa shape index (κ3) is 3.80. The van der Waals surface area contributed by atoms with Crippen molar-refractivity contribution in [2.24, 2.45) is 0 Å². The van der Waals surface area contributed by atoms with Crippen LogP contribution >= 0.6 is 0 Å². The van der Waals surface area contributed by atoms with Crippen LogP contribution in [0.3, 0.4) is 0 Å². The second-order valence-corrected chi connectivity index (χ2v) is 5.74. The van der Waals surface area contributed by atoms with E-state index in [2.05, 4.69) is 0 Å². The van der Waals surface area contributed by atoms with Crippen molar-refractivity contribution in [2.45, 2.75) is 12.5 Å². The molecule has 0 bridgehead atoms. The van der Waals surface area contributed by atoms with Gasteiger partial charge >= 0.3 is 5.97 Å². The lowest BCUT2D eigenvalue weighted by Crippen LogP contribution is -2.36. The molecule has 2 aromatic rings. The Morgan fingerprint density at radius 3 is 2.83 bits per heavy atom. The number of aromatic carboxylic acids is 1. The normalized spacial score (nSPS) is 18.2. The summed E-state index contributed by atoms with van der Waals surface area (Å²) in [6.45, 7) is -0.121. The van der Waals surface area contributed by atoms with E-state index in [0.717, 1.165) is 0 Å². The van der Waals surface area contributed by atoms with Gasteiger partial charge in [0, 0.05) is 12.1 Å². The van der Waals surface area contributed by atoms with Gasteiger partial charge in [-0.3, -0.25) is 4.90 Å². The monoisotopic (exact) mass is 337 g/mol. The molecule has 2 heterocycles. The van der Waals surface area contributed by atoms with Crippen LogP contribution in [0.5, 0.6) is 0 Å². The molecule has 128 valence electrons. The number of halogens is 2. The smallest absolute Gasteiger partial charge is 0.336 e. The summed E-state index contributed by atoms with van der Waals surface area (Å²) in [7, 11) is 0. The largest absolute Gasteiger partial charge is 0.478 e. The van der Waals surface area contributed by atoms with E-state index in [-0.39, 0.29) is 18.7 Å². The van der Waals surface area contributed by atoms with Gasteiger partial charge in [0.15, 0.2) is 0 Å². The van der Waals surface area contributed by atoms with Crippen LogP contribution in [0.2, 0.25) is 0 Å². The van der Waals surface area contributed by atoms with Gasteiger partial charge in [-0.25, -0.2) is 13.6 Å². The van der Waals surface area contributed by atoms with E-state index < -0.39 is 25.0 Å². The van der Waals surface area contributed by atoms with Crippen LogP contribution in [0.1, 0.15) is 16.1 Å². The molecular weight excluding hydrogens is 320 g/mol. The summed E-state index contributed by atoms with van der Waals surface area (Å²) in [5.74, 6) is -3.03. The van der Waals surface area contributed by atoms with Gasteiger partial charge in [-0.2, -0.15) is 0 Å². The Morgan fingerprint density at radius 1 is 1.25 bits per heavy atom. The highest BCUT2D eigenvalue weighted by Gasteiger charge is 2.34. The first-order chi connectivity index (χ1) is 11.4. The molecule has 0 unspecified atom stereocenters. The van der Waals surface area contributed by atoms with Crippen LogP contribution < -0.4 is 0 Å². The number of benzene rings is 1. The van der Waals surface area contributed by atoms with Gasteiger partial charge in [-0.1, -0.05) is 18.2 Å². The first-order valence-corrected chi connectivity index (χ1v) is 7.54. The summed E-state index contributed by atoms with van der Waals surface area (Å²) in [6.07, 6.45) is 0. The summed E-state index contributed by atoms with van der Waals surface area (Å²) in [5.41, 5.74) is 0.592. The van der Waals surface area contributed by atoms with E-state index in [4.69, 9.17) is 9.15 Å². The molecule has 1 aromatic carbocycles. The third-order valence-electron chi connectivity index (χ3n) is 3.78. The Bertz CT molecular complexity index is 729. The van der Waals surface area contributed by atoms with Gasteiger partial charge in [-0.05, 0) is 18.2 Å². The number of carboxylic acid groups (broad SMARTS) is 1. The Hall–Kier alpha value is -2.25. The predicted molar refractivity (Wildman–Crippen MR) is 82.1 cm³/mol. The minimum Gasteiger partial charge on any atom is -0.478 e. The SMILES string of the molecule is O=C(O)c1ccccc1-c1ccc(CN2CCOCC(F)(F)C2)o1. The molecular formula is C17H17F2NO4. The molecule has 0 radical (unpaired) electrons. The molecule has 5 nitrogen and oxygen atoms in total. The Morgan fingerprint density at radius 2 is 2.04 bits per heavy atom. The molecule has 0 saturated carbocycles. The number of nitrogens with zero attached hydrogens (tertiary/aromatic N) is 1. The van der Waals surface area contributed by atoms with Crippen molar-refractivity contribution in [2.75, 3.05) is 26.3 Å². The van der Waals surface area contributed by atoms with Crippen molar-refractivity contribution in [3.8, 4) is 11.3 Å². The van der Waals surface area contributed by atoms with E-state index in [1.807, 2.05) is 0 Å². The van der Waals surface area contributed by atoms with Crippen LogP contribution in [0.15, 0.2) is 40.8 Å². The van der Waals surface area contributed by atoms with E-state index in [9.17, 15) is 18.7 Å². The van der Waals surface area contributed by atoms with E-state index in [1.54, 1.807) is 35.2 Å². The molecule has 1 N–H and O–H groups in total. The molecule has 0 amide bonds. The number of hydrogen-bond acceptors (Lipinski definition) is 4. The fourth-order valence-corrected chi connectivity index (χ4v) is 2.71. The van der Waals surface area contributed by atoms with Crippen molar-refractivity contribution in [1.29, 1.82) is 0 Å². The molecule has 24 heavy (non-hydrogen) atoms. The fourth-order valence-electron chi connectivity index (χ4n) is 2.71. The Kier molecular flexibility index (Phi) is 4.64. The molecule has 0 atom stereocenters. The van der Waals surface area contributed by atoms with Crippen LogP contribution in [0.4, 0.5) is 8.78 Å². The quantitative estimate of drug-likeness (QED) is 0.929. The standard InChI is InChI=1S/C17H17F2NO4/c18-17(19)10-20(7-8-23-11-17)9-12-5-6-15(24-12)13-3-1-2-4-14(13)16(21)22/h1-6H,7-11H2,(H,21,22). The van der Waals surface area contributed by atoms with E-state index in [1.165, 1.54) is 6.07 Å². The molecule has 7 heteroatoms. The molecule has 3 rings (SSSR count). The molecule has 0 aliphatic carbocycles.